The Morgan fingerprint density at radius 1 is 1.04 bits per heavy atom. The van der Waals surface area contributed by atoms with E-state index in [0.29, 0.717) is 0 Å². The van der Waals surface area contributed by atoms with Gasteiger partial charge in [0.15, 0.2) is 6.10 Å². The third-order valence-corrected chi connectivity index (χ3v) is 3.45. The first-order chi connectivity index (χ1) is 11.1. The predicted octanol–water partition coefficient (Wildman–Crippen LogP) is 3.94. The number of carbonyl (C=O) groups excluding carboxylic acids is 1. The molecule has 0 bridgehead atoms. The van der Waals surface area contributed by atoms with Crippen LogP contribution >= 0.6 is 0 Å². The summed E-state index contributed by atoms with van der Waals surface area (Å²) in [6.07, 6.45) is 1.71. The molecule has 0 heterocycles. The van der Waals surface area contributed by atoms with Crippen molar-refractivity contribution in [2.45, 2.75) is 13.0 Å². The van der Waals surface area contributed by atoms with E-state index < -0.39 is 6.10 Å². The van der Waals surface area contributed by atoms with Gasteiger partial charge in [-0.15, -0.1) is 0 Å². The number of likely N-dealkylation sites (N-methyl/N-ethyl adjacent to an activating group) is 1. The molecule has 3 nitrogen and oxygen atoms in total. The summed E-state index contributed by atoms with van der Waals surface area (Å²) in [5.41, 5.74) is 3.03. The van der Waals surface area contributed by atoms with E-state index in [2.05, 4.69) is 11.0 Å². The third kappa shape index (κ3) is 5.08. The smallest absolute Gasteiger partial charge is 0.303 e. The number of benzene rings is 2. The van der Waals surface area contributed by atoms with Crippen molar-refractivity contribution >= 4 is 11.5 Å². The van der Waals surface area contributed by atoms with Gasteiger partial charge in [0, 0.05) is 19.0 Å². The van der Waals surface area contributed by atoms with Crippen molar-refractivity contribution < 1.29 is 9.53 Å². The van der Waals surface area contributed by atoms with Gasteiger partial charge in [-0.1, -0.05) is 66.7 Å². The van der Waals surface area contributed by atoms with Crippen LogP contribution in [0.1, 0.15) is 24.2 Å². The molecule has 0 amide bonds. The van der Waals surface area contributed by atoms with Crippen molar-refractivity contribution in [3.05, 3.63) is 77.9 Å². The van der Waals surface area contributed by atoms with Crippen LogP contribution in [0, 0.1) is 0 Å². The normalized spacial score (nSPS) is 13.0. The molecule has 2 aromatic rings. The van der Waals surface area contributed by atoms with Gasteiger partial charge in [-0.25, -0.2) is 0 Å². The van der Waals surface area contributed by atoms with Crippen molar-refractivity contribution in [2.75, 3.05) is 20.6 Å². The van der Waals surface area contributed by atoms with Gasteiger partial charge in [-0.05, 0) is 25.2 Å². The topological polar surface area (TPSA) is 29.5 Å². The first-order valence-electron chi connectivity index (χ1n) is 7.70. The first-order valence-corrected chi connectivity index (χ1v) is 7.70. The zero-order valence-corrected chi connectivity index (χ0v) is 13.9. The highest BCUT2D eigenvalue weighted by Gasteiger charge is 2.21. The molecule has 0 aliphatic rings. The minimum absolute atomic E-state index is 0.287. The maximum absolute atomic E-state index is 11.6. The molecular weight excluding hydrogens is 286 g/mol. The van der Waals surface area contributed by atoms with Crippen molar-refractivity contribution in [1.82, 2.24) is 4.90 Å². The molecule has 0 N–H and O–H groups in total. The SMILES string of the molecule is CC(=O)OC(/C(=C/CN(C)C)c1ccccc1)c1ccccc1. The molecule has 1 unspecified atom stereocenters. The summed E-state index contributed by atoms with van der Waals surface area (Å²) in [5, 5.41) is 0. The molecule has 0 radical (unpaired) electrons. The highest BCUT2D eigenvalue weighted by Crippen LogP contribution is 2.33. The van der Waals surface area contributed by atoms with E-state index in [9.17, 15) is 4.79 Å². The van der Waals surface area contributed by atoms with Gasteiger partial charge in [0.1, 0.15) is 0 Å². The maximum atomic E-state index is 11.6. The number of carbonyl (C=O) groups is 1. The lowest BCUT2D eigenvalue weighted by molar-refractivity contribution is -0.144. The lowest BCUT2D eigenvalue weighted by Gasteiger charge is -2.22. The van der Waals surface area contributed by atoms with E-state index in [0.717, 1.165) is 23.2 Å². The summed E-state index contributed by atoms with van der Waals surface area (Å²) < 4.78 is 5.66. The molecule has 2 rings (SSSR count). The Morgan fingerprint density at radius 2 is 1.61 bits per heavy atom. The molecule has 0 fully saturated rings. The van der Waals surface area contributed by atoms with E-state index in [1.165, 1.54) is 6.92 Å². The average Bonchev–Trinajstić information content (AvgIpc) is 2.55. The summed E-state index contributed by atoms with van der Waals surface area (Å²) in [4.78, 5) is 13.7. The van der Waals surface area contributed by atoms with Crippen LogP contribution in [0.25, 0.3) is 5.57 Å². The van der Waals surface area contributed by atoms with Crippen molar-refractivity contribution in [3.63, 3.8) is 0 Å². The fourth-order valence-corrected chi connectivity index (χ4v) is 2.39. The minimum atomic E-state index is -0.406. The molecule has 1 atom stereocenters. The van der Waals surface area contributed by atoms with Crippen LogP contribution < -0.4 is 0 Å². The number of nitrogens with zero attached hydrogens (tertiary/aromatic N) is 1. The molecule has 120 valence electrons. The fourth-order valence-electron chi connectivity index (χ4n) is 2.39. The van der Waals surface area contributed by atoms with Crippen LogP contribution in [0.4, 0.5) is 0 Å². The Balaban J connectivity index is 2.47. The quantitative estimate of drug-likeness (QED) is 0.757. The van der Waals surface area contributed by atoms with Crippen LogP contribution in [0.2, 0.25) is 0 Å². The fraction of sp³-hybridized carbons (Fsp3) is 0.250. The molecule has 0 saturated heterocycles. The van der Waals surface area contributed by atoms with Gasteiger partial charge >= 0.3 is 5.97 Å². The van der Waals surface area contributed by atoms with Crippen molar-refractivity contribution in [3.8, 4) is 0 Å². The lowest BCUT2D eigenvalue weighted by atomic mass is 9.94. The zero-order valence-electron chi connectivity index (χ0n) is 13.9. The van der Waals surface area contributed by atoms with E-state index in [1.807, 2.05) is 74.8 Å². The summed E-state index contributed by atoms with van der Waals surface area (Å²) in [6, 6.07) is 19.9. The van der Waals surface area contributed by atoms with Crippen LogP contribution in [0.15, 0.2) is 66.7 Å². The van der Waals surface area contributed by atoms with Gasteiger partial charge in [-0.3, -0.25) is 4.79 Å². The zero-order chi connectivity index (χ0) is 16.7. The van der Waals surface area contributed by atoms with Gasteiger partial charge < -0.3 is 9.64 Å². The summed E-state index contributed by atoms with van der Waals surface area (Å²) in [7, 11) is 4.03. The number of ether oxygens (including phenoxy) is 1. The Kier molecular flexibility index (Phi) is 6.12. The van der Waals surface area contributed by atoms with E-state index >= 15 is 0 Å². The predicted molar refractivity (Wildman–Crippen MR) is 93.9 cm³/mol. The molecule has 3 heteroatoms. The number of esters is 1. The molecule has 0 aliphatic heterocycles. The largest absolute Gasteiger partial charge is 0.453 e. The number of hydrogen-bond donors (Lipinski definition) is 0. The average molecular weight is 309 g/mol. The Hall–Kier alpha value is -2.39. The highest BCUT2D eigenvalue weighted by atomic mass is 16.5. The van der Waals surface area contributed by atoms with Crippen LogP contribution in [0.3, 0.4) is 0 Å². The summed E-state index contributed by atoms with van der Waals surface area (Å²) in [6.45, 7) is 2.22. The Morgan fingerprint density at radius 3 is 2.13 bits per heavy atom. The van der Waals surface area contributed by atoms with Crippen LogP contribution in [-0.2, 0) is 9.53 Å². The van der Waals surface area contributed by atoms with Gasteiger partial charge in [0.25, 0.3) is 0 Å². The minimum Gasteiger partial charge on any atom is -0.453 e. The maximum Gasteiger partial charge on any atom is 0.303 e. The Labute approximate surface area is 138 Å². The second kappa shape index (κ2) is 8.30. The monoisotopic (exact) mass is 309 g/mol. The summed E-state index contributed by atoms with van der Waals surface area (Å²) >= 11 is 0. The molecule has 0 saturated carbocycles. The van der Waals surface area contributed by atoms with Gasteiger partial charge in [-0.2, -0.15) is 0 Å². The molecule has 0 spiro atoms. The van der Waals surface area contributed by atoms with Crippen LogP contribution in [-0.4, -0.2) is 31.5 Å². The Bertz CT molecular complexity index is 648. The second-order valence-electron chi connectivity index (χ2n) is 5.69. The third-order valence-electron chi connectivity index (χ3n) is 3.45. The second-order valence-corrected chi connectivity index (χ2v) is 5.69. The van der Waals surface area contributed by atoms with Crippen molar-refractivity contribution in [1.29, 1.82) is 0 Å². The summed E-state index contributed by atoms with van der Waals surface area (Å²) in [5.74, 6) is -0.287. The highest BCUT2D eigenvalue weighted by molar-refractivity contribution is 5.74. The molecule has 0 aromatic heterocycles. The van der Waals surface area contributed by atoms with Crippen molar-refractivity contribution in [2.24, 2.45) is 0 Å². The molecular formula is C20H23NO2. The molecule has 0 aliphatic carbocycles. The van der Waals surface area contributed by atoms with Crippen LogP contribution in [0.5, 0.6) is 0 Å². The molecule has 2 aromatic carbocycles. The van der Waals surface area contributed by atoms with Gasteiger partial charge in [0.2, 0.25) is 0 Å². The lowest BCUT2D eigenvalue weighted by Crippen LogP contribution is -2.15. The molecule has 23 heavy (non-hydrogen) atoms. The standard InChI is InChI=1S/C20H23NO2/c1-16(22)23-20(18-12-8-5-9-13-18)19(14-15-21(2)3)17-10-6-4-7-11-17/h4-14,20H,15H2,1-3H3/b19-14+. The number of rotatable bonds is 6. The van der Waals surface area contributed by atoms with E-state index in [4.69, 9.17) is 4.74 Å². The van der Waals surface area contributed by atoms with E-state index in [1.54, 1.807) is 0 Å². The van der Waals surface area contributed by atoms with Gasteiger partial charge in [0.05, 0.1) is 0 Å². The van der Waals surface area contributed by atoms with E-state index in [-0.39, 0.29) is 5.97 Å². The first kappa shape index (κ1) is 17.0. The number of hydrogen-bond acceptors (Lipinski definition) is 3.